The molecule has 18 heavy (non-hydrogen) atoms. The maximum atomic E-state index is 12.9. The van der Waals surface area contributed by atoms with Crippen LogP contribution in [0.1, 0.15) is 36.5 Å². The van der Waals surface area contributed by atoms with E-state index < -0.39 is 5.82 Å². The molecule has 1 fully saturated rings. The number of phenolic OH excluding ortho intramolecular Hbond substituents is 1. The predicted octanol–water partition coefficient (Wildman–Crippen LogP) is 2.79. The van der Waals surface area contributed by atoms with Crippen molar-refractivity contribution in [3.05, 3.63) is 29.6 Å². The molecule has 0 saturated carbocycles. The minimum atomic E-state index is -0.533. The van der Waals surface area contributed by atoms with Gasteiger partial charge in [-0.05, 0) is 30.9 Å². The van der Waals surface area contributed by atoms with Crippen LogP contribution >= 0.6 is 0 Å². The fourth-order valence-corrected chi connectivity index (χ4v) is 2.44. The quantitative estimate of drug-likeness (QED) is 0.878. The van der Waals surface area contributed by atoms with Crippen molar-refractivity contribution < 1.29 is 14.3 Å². The molecule has 0 aromatic heterocycles. The van der Waals surface area contributed by atoms with Gasteiger partial charge < -0.3 is 10.0 Å². The zero-order valence-corrected chi connectivity index (χ0v) is 10.5. The topological polar surface area (TPSA) is 40.5 Å². The molecule has 2 rings (SSSR count). The largest absolute Gasteiger partial charge is 0.507 e. The SMILES string of the molecule is CCC1CCCN(C(=O)c2ccc(F)cc2O)C1. The molecular weight excluding hydrogens is 233 g/mol. The van der Waals surface area contributed by atoms with Gasteiger partial charge in [0.25, 0.3) is 5.91 Å². The van der Waals surface area contributed by atoms with Crippen LogP contribution in [0.3, 0.4) is 0 Å². The van der Waals surface area contributed by atoms with Gasteiger partial charge in [-0.25, -0.2) is 4.39 Å². The number of halogens is 1. The van der Waals surface area contributed by atoms with Gasteiger partial charge in [-0.15, -0.1) is 0 Å². The van der Waals surface area contributed by atoms with Crippen LogP contribution < -0.4 is 0 Å². The highest BCUT2D eigenvalue weighted by Gasteiger charge is 2.25. The van der Waals surface area contributed by atoms with Crippen molar-refractivity contribution in [2.75, 3.05) is 13.1 Å². The van der Waals surface area contributed by atoms with Crippen LogP contribution in [-0.4, -0.2) is 29.0 Å². The number of benzene rings is 1. The fourth-order valence-electron chi connectivity index (χ4n) is 2.44. The molecule has 1 atom stereocenters. The molecule has 1 saturated heterocycles. The summed E-state index contributed by atoms with van der Waals surface area (Å²) in [5.74, 6) is -0.483. The Morgan fingerprint density at radius 3 is 3.00 bits per heavy atom. The van der Waals surface area contributed by atoms with Crippen molar-refractivity contribution in [3.8, 4) is 5.75 Å². The lowest BCUT2D eigenvalue weighted by Crippen LogP contribution is -2.39. The zero-order chi connectivity index (χ0) is 13.1. The number of hydrogen-bond donors (Lipinski definition) is 1. The van der Waals surface area contributed by atoms with Crippen molar-refractivity contribution in [2.24, 2.45) is 5.92 Å². The van der Waals surface area contributed by atoms with E-state index in [9.17, 15) is 14.3 Å². The van der Waals surface area contributed by atoms with Gasteiger partial charge in [0, 0.05) is 19.2 Å². The molecule has 0 aliphatic carbocycles. The number of likely N-dealkylation sites (tertiary alicyclic amines) is 1. The molecule has 1 amide bonds. The summed E-state index contributed by atoms with van der Waals surface area (Å²) >= 11 is 0. The number of nitrogens with zero attached hydrogens (tertiary/aromatic N) is 1. The predicted molar refractivity (Wildman–Crippen MR) is 67.0 cm³/mol. The first-order valence-electron chi connectivity index (χ1n) is 6.39. The molecule has 1 unspecified atom stereocenters. The summed E-state index contributed by atoms with van der Waals surface area (Å²) in [6.45, 7) is 3.56. The van der Waals surface area contributed by atoms with Crippen molar-refractivity contribution in [1.29, 1.82) is 0 Å². The van der Waals surface area contributed by atoms with Gasteiger partial charge in [0.2, 0.25) is 0 Å². The van der Waals surface area contributed by atoms with Crippen LogP contribution in [0.4, 0.5) is 4.39 Å². The Hall–Kier alpha value is -1.58. The number of piperidine rings is 1. The lowest BCUT2D eigenvalue weighted by atomic mass is 9.95. The lowest BCUT2D eigenvalue weighted by molar-refractivity contribution is 0.0668. The van der Waals surface area contributed by atoms with Crippen molar-refractivity contribution in [3.63, 3.8) is 0 Å². The average Bonchev–Trinajstić information content (AvgIpc) is 2.38. The van der Waals surface area contributed by atoms with E-state index in [1.807, 2.05) is 0 Å². The maximum Gasteiger partial charge on any atom is 0.257 e. The number of hydrogen-bond acceptors (Lipinski definition) is 2. The molecule has 98 valence electrons. The number of carbonyl (C=O) groups excluding carboxylic acids is 1. The Morgan fingerprint density at radius 2 is 2.33 bits per heavy atom. The third kappa shape index (κ3) is 2.63. The minimum absolute atomic E-state index is 0.188. The maximum absolute atomic E-state index is 12.9. The first-order chi connectivity index (χ1) is 8.61. The second-order valence-corrected chi connectivity index (χ2v) is 4.83. The van der Waals surface area contributed by atoms with E-state index in [4.69, 9.17) is 0 Å². The summed E-state index contributed by atoms with van der Waals surface area (Å²) in [4.78, 5) is 14.0. The Kier molecular flexibility index (Phi) is 3.84. The Labute approximate surface area is 106 Å². The molecule has 1 aliphatic rings. The van der Waals surface area contributed by atoms with Crippen LogP contribution in [-0.2, 0) is 0 Å². The van der Waals surface area contributed by atoms with E-state index in [0.29, 0.717) is 12.5 Å². The number of phenols is 1. The second-order valence-electron chi connectivity index (χ2n) is 4.83. The summed E-state index contributed by atoms with van der Waals surface area (Å²) in [6, 6.07) is 3.53. The van der Waals surface area contributed by atoms with Crippen molar-refractivity contribution >= 4 is 5.91 Å². The number of aromatic hydroxyl groups is 1. The summed E-state index contributed by atoms with van der Waals surface area (Å²) in [5.41, 5.74) is 0.188. The number of amides is 1. The summed E-state index contributed by atoms with van der Waals surface area (Å²) < 4.78 is 12.9. The van der Waals surface area contributed by atoms with Crippen LogP contribution in [0.15, 0.2) is 18.2 Å². The summed E-state index contributed by atoms with van der Waals surface area (Å²) in [5, 5.41) is 9.63. The van der Waals surface area contributed by atoms with Gasteiger partial charge in [-0.2, -0.15) is 0 Å². The normalized spacial score (nSPS) is 19.9. The van der Waals surface area contributed by atoms with Crippen LogP contribution in [0.2, 0.25) is 0 Å². The standard InChI is InChI=1S/C14H18FNO2/c1-2-10-4-3-7-16(9-10)14(18)12-6-5-11(15)8-13(12)17/h5-6,8,10,17H,2-4,7,9H2,1H3. The highest BCUT2D eigenvalue weighted by atomic mass is 19.1. The van der Waals surface area contributed by atoms with Gasteiger partial charge in [0.1, 0.15) is 11.6 Å². The van der Waals surface area contributed by atoms with Gasteiger partial charge >= 0.3 is 0 Å². The summed E-state index contributed by atoms with van der Waals surface area (Å²) in [6.07, 6.45) is 3.20. The first kappa shape index (κ1) is 12.9. The van der Waals surface area contributed by atoms with Crippen LogP contribution in [0.25, 0.3) is 0 Å². The van der Waals surface area contributed by atoms with E-state index in [2.05, 4.69) is 6.92 Å². The van der Waals surface area contributed by atoms with E-state index in [1.54, 1.807) is 4.90 Å². The fraction of sp³-hybridized carbons (Fsp3) is 0.500. The molecule has 0 bridgehead atoms. The number of rotatable bonds is 2. The molecule has 0 radical (unpaired) electrons. The smallest absolute Gasteiger partial charge is 0.257 e. The number of carbonyl (C=O) groups is 1. The van der Waals surface area contributed by atoms with Crippen LogP contribution in [0, 0.1) is 11.7 Å². The Bertz CT molecular complexity index is 447. The van der Waals surface area contributed by atoms with E-state index in [0.717, 1.165) is 31.9 Å². The molecule has 1 aromatic carbocycles. The summed E-state index contributed by atoms with van der Waals surface area (Å²) in [7, 11) is 0. The Morgan fingerprint density at radius 1 is 1.56 bits per heavy atom. The first-order valence-corrected chi connectivity index (χ1v) is 6.39. The minimum Gasteiger partial charge on any atom is -0.507 e. The van der Waals surface area contributed by atoms with Gasteiger partial charge in [0.15, 0.2) is 0 Å². The third-order valence-electron chi connectivity index (χ3n) is 3.57. The third-order valence-corrected chi connectivity index (χ3v) is 3.57. The monoisotopic (exact) mass is 251 g/mol. The van der Waals surface area contributed by atoms with Crippen molar-refractivity contribution in [1.82, 2.24) is 4.90 Å². The molecule has 0 spiro atoms. The Balaban J connectivity index is 2.15. The van der Waals surface area contributed by atoms with Gasteiger partial charge in [-0.3, -0.25) is 4.79 Å². The second kappa shape index (κ2) is 5.38. The molecule has 1 aromatic rings. The van der Waals surface area contributed by atoms with E-state index >= 15 is 0 Å². The highest BCUT2D eigenvalue weighted by Crippen LogP contribution is 2.24. The van der Waals surface area contributed by atoms with Gasteiger partial charge in [-0.1, -0.05) is 13.3 Å². The molecule has 1 aliphatic heterocycles. The lowest BCUT2D eigenvalue weighted by Gasteiger charge is -2.32. The molecule has 1 N–H and O–H groups in total. The van der Waals surface area contributed by atoms with E-state index in [-0.39, 0.29) is 17.2 Å². The molecule has 1 heterocycles. The van der Waals surface area contributed by atoms with Crippen LogP contribution in [0.5, 0.6) is 5.75 Å². The van der Waals surface area contributed by atoms with Crippen molar-refractivity contribution in [2.45, 2.75) is 26.2 Å². The van der Waals surface area contributed by atoms with Gasteiger partial charge in [0.05, 0.1) is 5.56 Å². The average molecular weight is 251 g/mol. The highest BCUT2D eigenvalue weighted by molar-refractivity contribution is 5.96. The molecule has 3 nitrogen and oxygen atoms in total. The zero-order valence-electron chi connectivity index (χ0n) is 10.5. The molecule has 4 heteroatoms. The molecular formula is C14H18FNO2. The van der Waals surface area contributed by atoms with E-state index in [1.165, 1.54) is 12.1 Å².